The van der Waals surface area contributed by atoms with Crippen LogP contribution < -0.4 is 9.64 Å². The van der Waals surface area contributed by atoms with Crippen molar-refractivity contribution < 1.29 is 9.53 Å². The largest absolute Gasteiger partial charge is 0.494 e. The Morgan fingerprint density at radius 2 is 2.17 bits per heavy atom. The van der Waals surface area contributed by atoms with Crippen LogP contribution in [0.2, 0.25) is 0 Å². The maximum atomic E-state index is 13.2. The number of hydrogen-bond acceptors (Lipinski definition) is 6. The van der Waals surface area contributed by atoms with Gasteiger partial charge >= 0.3 is 0 Å². The van der Waals surface area contributed by atoms with Crippen LogP contribution in [-0.2, 0) is 6.54 Å². The minimum absolute atomic E-state index is 0. The number of carbonyl (C=O) groups excluding carboxylic acids is 1. The van der Waals surface area contributed by atoms with Crippen LogP contribution in [-0.4, -0.2) is 34.1 Å². The molecule has 0 aliphatic carbocycles. The van der Waals surface area contributed by atoms with E-state index in [0.29, 0.717) is 16.6 Å². The van der Waals surface area contributed by atoms with E-state index in [1.165, 1.54) is 22.7 Å². The van der Waals surface area contributed by atoms with E-state index in [-0.39, 0.29) is 18.3 Å². The Kier molecular flexibility index (Phi) is 6.89. The molecule has 152 valence electrons. The van der Waals surface area contributed by atoms with Crippen molar-refractivity contribution in [3.8, 4) is 5.75 Å². The number of thiazole rings is 1. The van der Waals surface area contributed by atoms with Gasteiger partial charge in [-0.15, -0.1) is 23.7 Å². The fraction of sp³-hybridized carbons (Fsp3) is 0.250. The molecule has 0 spiro atoms. The maximum absolute atomic E-state index is 13.2. The predicted octanol–water partition coefficient (Wildman–Crippen LogP) is 5.03. The molecule has 0 radical (unpaired) electrons. The second-order valence-corrected chi connectivity index (χ2v) is 8.27. The van der Waals surface area contributed by atoms with Crippen LogP contribution in [0.1, 0.15) is 21.7 Å². The number of thiophene rings is 1. The number of nitrogens with zero attached hydrogens (tertiary/aromatic N) is 4. The fourth-order valence-electron chi connectivity index (χ4n) is 3.03. The van der Waals surface area contributed by atoms with Crippen molar-refractivity contribution in [2.24, 2.45) is 0 Å². The van der Waals surface area contributed by atoms with Gasteiger partial charge in [0.1, 0.15) is 11.3 Å². The van der Waals surface area contributed by atoms with Crippen LogP contribution in [0.4, 0.5) is 5.13 Å². The zero-order valence-electron chi connectivity index (χ0n) is 16.1. The number of methoxy groups -OCH3 is 1. The summed E-state index contributed by atoms with van der Waals surface area (Å²) in [6, 6.07) is 7.70. The van der Waals surface area contributed by atoms with E-state index < -0.39 is 0 Å². The van der Waals surface area contributed by atoms with E-state index in [4.69, 9.17) is 9.72 Å². The van der Waals surface area contributed by atoms with Crippen molar-refractivity contribution in [3.63, 3.8) is 0 Å². The Labute approximate surface area is 183 Å². The SMILES string of the molecule is COc1ccc(C)c2sc(N(CCCn3ccnc3)C(=O)c3cccs3)nc12.Cl. The molecular formula is C20H21ClN4O2S2. The Morgan fingerprint density at radius 3 is 2.86 bits per heavy atom. The Balaban J connectivity index is 0.00000240. The summed E-state index contributed by atoms with van der Waals surface area (Å²) in [5.41, 5.74) is 1.93. The summed E-state index contributed by atoms with van der Waals surface area (Å²) in [5, 5.41) is 2.62. The standard InChI is InChI=1S/C20H20N4O2S2.ClH/c1-14-6-7-15(26-2)17-18(14)28-20(22-17)24(19(25)16-5-3-12-27-16)10-4-9-23-11-8-21-13-23;/h3,5-8,11-13H,4,9-10H2,1-2H3;1H. The zero-order chi connectivity index (χ0) is 19.5. The first-order valence-corrected chi connectivity index (χ1v) is 10.6. The number of imidazole rings is 1. The molecule has 0 bridgehead atoms. The molecule has 1 aromatic carbocycles. The quantitative estimate of drug-likeness (QED) is 0.397. The van der Waals surface area contributed by atoms with E-state index in [2.05, 4.69) is 4.98 Å². The highest BCUT2D eigenvalue weighted by molar-refractivity contribution is 7.22. The highest BCUT2D eigenvalue weighted by Gasteiger charge is 2.23. The molecule has 0 aliphatic heterocycles. The van der Waals surface area contributed by atoms with Gasteiger partial charge in [0, 0.05) is 25.5 Å². The first-order valence-electron chi connectivity index (χ1n) is 8.92. The molecule has 4 aromatic rings. The van der Waals surface area contributed by atoms with Gasteiger partial charge in [-0.2, -0.15) is 0 Å². The number of amides is 1. The van der Waals surface area contributed by atoms with Crippen LogP contribution >= 0.6 is 35.1 Å². The van der Waals surface area contributed by atoms with Crippen molar-refractivity contribution in [1.29, 1.82) is 0 Å². The number of ether oxygens (including phenoxy) is 1. The average molecular weight is 449 g/mol. The molecule has 29 heavy (non-hydrogen) atoms. The summed E-state index contributed by atoms with van der Waals surface area (Å²) in [6.07, 6.45) is 6.28. The number of aromatic nitrogens is 3. The Morgan fingerprint density at radius 1 is 1.31 bits per heavy atom. The molecule has 0 atom stereocenters. The number of aryl methyl sites for hydroxylation is 2. The molecule has 0 saturated carbocycles. The van der Waals surface area contributed by atoms with Gasteiger partial charge in [-0.3, -0.25) is 9.69 Å². The smallest absolute Gasteiger partial charge is 0.270 e. The topological polar surface area (TPSA) is 60.2 Å². The van der Waals surface area contributed by atoms with E-state index in [1.54, 1.807) is 24.5 Å². The van der Waals surface area contributed by atoms with Crippen molar-refractivity contribution in [1.82, 2.24) is 14.5 Å². The highest BCUT2D eigenvalue weighted by atomic mass is 35.5. The van der Waals surface area contributed by atoms with Crippen LogP contribution in [0.5, 0.6) is 5.75 Å². The molecule has 1 amide bonds. The summed E-state index contributed by atoms with van der Waals surface area (Å²) >= 11 is 2.98. The number of hydrogen-bond donors (Lipinski definition) is 0. The molecule has 3 aromatic heterocycles. The fourth-order valence-corrected chi connectivity index (χ4v) is 4.77. The van der Waals surface area contributed by atoms with Gasteiger partial charge < -0.3 is 9.30 Å². The van der Waals surface area contributed by atoms with Crippen LogP contribution in [0.25, 0.3) is 10.2 Å². The van der Waals surface area contributed by atoms with Gasteiger partial charge in [-0.25, -0.2) is 9.97 Å². The van der Waals surface area contributed by atoms with Gasteiger partial charge in [0.2, 0.25) is 0 Å². The number of anilines is 1. The lowest BCUT2D eigenvalue weighted by Gasteiger charge is -2.19. The third-order valence-corrected chi connectivity index (χ3v) is 6.55. The van der Waals surface area contributed by atoms with Crippen molar-refractivity contribution in [3.05, 3.63) is 58.8 Å². The Hall–Kier alpha value is -2.42. The maximum Gasteiger partial charge on any atom is 0.270 e. The first kappa shape index (κ1) is 21.3. The monoisotopic (exact) mass is 448 g/mol. The van der Waals surface area contributed by atoms with Crippen molar-refractivity contribution in [2.75, 3.05) is 18.6 Å². The second kappa shape index (κ2) is 9.39. The third-order valence-electron chi connectivity index (χ3n) is 4.48. The number of benzene rings is 1. The molecule has 9 heteroatoms. The molecule has 0 aliphatic rings. The van der Waals surface area contributed by atoms with Gasteiger partial charge in [-0.1, -0.05) is 23.5 Å². The minimum atomic E-state index is -0.0173. The van der Waals surface area contributed by atoms with Gasteiger partial charge in [0.25, 0.3) is 5.91 Å². The molecule has 0 N–H and O–H groups in total. The Bertz CT molecular complexity index is 1080. The summed E-state index contributed by atoms with van der Waals surface area (Å²) < 4.78 is 8.53. The summed E-state index contributed by atoms with van der Waals surface area (Å²) in [4.78, 5) is 24.5. The molecule has 0 unspecified atom stereocenters. The summed E-state index contributed by atoms with van der Waals surface area (Å²) in [7, 11) is 1.64. The van der Waals surface area contributed by atoms with E-state index in [9.17, 15) is 4.79 Å². The zero-order valence-corrected chi connectivity index (χ0v) is 18.5. The van der Waals surface area contributed by atoms with Crippen molar-refractivity contribution in [2.45, 2.75) is 19.9 Å². The molecule has 0 saturated heterocycles. The first-order chi connectivity index (χ1) is 13.7. The molecule has 4 rings (SSSR count). The van der Waals surface area contributed by atoms with Crippen LogP contribution in [0.3, 0.4) is 0 Å². The second-order valence-electron chi connectivity index (χ2n) is 6.35. The van der Waals surface area contributed by atoms with Gasteiger partial charge in [0.15, 0.2) is 5.13 Å². The third kappa shape index (κ3) is 4.44. The molecular weight excluding hydrogens is 428 g/mol. The lowest BCUT2D eigenvalue weighted by Crippen LogP contribution is -2.31. The van der Waals surface area contributed by atoms with Crippen LogP contribution in [0, 0.1) is 6.92 Å². The van der Waals surface area contributed by atoms with Crippen LogP contribution in [0.15, 0.2) is 48.4 Å². The minimum Gasteiger partial charge on any atom is -0.494 e. The number of halogens is 1. The van der Waals surface area contributed by atoms with E-state index in [0.717, 1.165) is 34.5 Å². The average Bonchev–Trinajstić information content (AvgIpc) is 3.47. The van der Waals surface area contributed by atoms with Gasteiger partial charge in [0.05, 0.1) is 23.0 Å². The number of carbonyl (C=O) groups is 1. The normalized spacial score (nSPS) is 10.7. The van der Waals surface area contributed by atoms with E-state index in [1.807, 2.05) is 47.3 Å². The number of fused-ring (bicyclic) bond motifs is 1. The molecule has 0 fully saturated rings. The lowest BCUT2D eigenvalue weighted by atomic mass is 10.2. The predicted molar refractivity (Wildman–Crippen MR) is 121 cm³/mol. The molecule has 3 heterocycles. The summed E-state index contributed by atoms with van der Waals surface area (Å²) in [5.74, 6) is 0.710. The lowest BCUT2D eigenvalue weighted by molar-refractivity contribution is 0.0990. The van der Waals surface area contributed by atoms with Crippen molar-refractivity contribution >= 4 is 56.3 Å². The summed E-state index contributed by atoms with van der Waals surface area (Å²) in [6.45, 7) is 3.42. The molecule has 6 nitrogen and oxygen atoms in total. The van der Waals surface area contributed by atoms with E-state index >= 15 is 0 Å². The van der Waals surface area contributed by atoms with Gasteiger partial charge in [-0.05, 0) is 36.4 Å². The number of rotatable bonds is 7. The highest BCUT2D eigenvalue weighted by Crippen LogP contribution is 2.37.